The van der Waals surface area contributed by atoms with Crippen LogP contribution >= 0.6 is 0 Å². The Morgan fingerprint density at radius 1 is 0.444 bits per heavy atom. The molecule has 0 N–H and O–H groups in total. The number of anilines is 6. The van der Waals surface area contributed by atoms with Crippen LogP contribution in [0.5, 0.6) is 0 Å². The third-order valence-corrected chi connectivity index (χ3v) is 15.4. The highest BCUT2D eigenvalue weighted by Crippen LogP contribution is 2.45. The number of hydrogen-bond acceptors (Lipinski definition) is 2. The monoisotopic (exact) mass is 726 g/mol. The largest absolute Gasteiger partial charge is 0.311 e. The quantitative estimate of drug-likeness (QED) is 0.144. The predicted molar refractivity (Wildman–Crippen MR) is 240 cm³/mol. The first kappa shape index (κ1) is 31.5. The third kappa shape index (κ3) is 6.04. The SMILES string of the molecule is [2H]C(C)(C)c1ccc(N2c3ccc(C([2H])(C)C)cc3B3c4cc(C([2H])(C)C)ccc4N(c4ccc(C([2H])(C)C)cc4)c4cc([Si](C)(C)c5ccccc5)cc2c43)cc1. The standard InChI is InChI=1S/C50H55BN2Si/c1-32(2)36-16-22-40(23-17-36)52-46-26-20-38(34(5)6)28-44(46)51-45-29-39(35(7)8)21-27-47(45)53(41-24-18-37(19-25-41)33(3)4)49-31-43(30-48(52)50(49)51)54(9,10)42-14-12-11-13-15-42/h11-35H,1-10H3/i32D,33D,34D,35D. The average molecular weight is 727 g/mol. The number of rotatable bonds is 8. The lowest BCUT2D eigenvalue weighted by Crippen LogP contribution is -2.63. The molecule has 2 aliphatic rings. The molecule has 272 valence electrons. The number of fused-ring (bicyclic) bond motifs is 4. The van der Waals surface area contributed by atoms with E-state index in [-0.39, 0.29) is 6.71 Å². The van der Waals surface area contributed by atoms with E-state index in [4.69, 9.17) is 2.74 Å². The molecule has 0 radical (unpaired) electrons. The summed E-state index contributed by atoms with van der Waals surface area (Å²) >= 11 is 0. The minimum atomic E-state index is -2.29. The topological polar surface area (TPSA) is 6.48 Å². The van der Waals surface area contributed by atoms with Gasteiger partial charge in [0.2, 0.25) is 0 Å². The summed E-state index contributed by atoms with van der Waals surface area (Å²) in [5, 5.41) is 2.67. The molecule has 0 amide bonds. The lowest BCUT2D eigenvalue weighted by atomic mass is 9.33. The van der Waals surface area contributed by atoms with Gasteiger partial charge in [0.05, 0.1) is 0 Å². The summed E-state index contributed by atoms with van der Waals surface area (Å²) in [5.41, 5.74) is 13.7. The Morgan fingerprint density at radius 2 is 0.833 bits per heavy atom. The minimum Gasteiger partial charge on any atom is -0.311 e. The Morgan fingerprint density at radius 3 is 1.22 bits per heavy atom. The molecule has 8 rings (SSSR count). The Hall–Kier alpha value is -4.80. The minimum absolute atomic E-state index is 0.166. The number of hydrogen-bond donors (Lipinski definition) is 0. The van der Waals surface area contributed by atoms with Gasteiger partial charge in [0, 0.05) is 39.6 Å². The van der Waals surface area contributed by atoms with Gasteiger partial charge in [0.25, 0.3) is 6.71 Å². The van der Waals surface area contributed by atoms with Crippen LogP contribution in [0, 0.1) is 0 Å². The molecule has 54 heavy (non-hydrogen) atoms. The highest BCUT2D eigenvalue weighted by atomic mass is 28.3. The Balaban J connectivity index is 1.51. The zero-order valence-electron chi connectivity index (χ0n) is 37.6. The van der Waals surface area contributed by atoms with Gasteiger partial charge in [0.15, 0.2) is 0 Å². The normalized spacial score (nSPS) is 15.4. The van der Waals surface area contributed by atoms with Crippen molar-refractivity contribution >= 4 is 75.7 Å². The van der Waals surface area contributed by atoms with Crippen molar-refractivity contribution in [3.63, 3.8) is 0 Å². The Bertz CT molecular complexity index is 2380. The zero-order valence-corrected chi connectivity index (χ0v) is 34.6. The maximum absolute atomic E-state index is 9.18. The van der Waals surface area contributed by atoms with Gasteiger partial charge < -0.3 is 9.80 Å². The fourth-order valence-corrected chi connectivity index (χ4v) is 10.8. The molecular weight excluding hydrogens is 667 g/mol. The fourth-order valence-electron chi connectivity index (χ4n) is 8.45. The van der Waals surface area contributed by atoms with Crippen LogP contribution in [0.15, 0.2) is 127 Å². The second-order valence-corrected chi connectivity index (χ2v) is 21.1. The Labute approximate surface area is 331 Å². The first-order valence-electron chi connectivity index (χ1n) is 21.4. The van der Waals surface area contributed by atoms with E-state index in [1.807, 2.05) is 55.4 Å². The van der Waals surface area contributed by atoms with Crippen molar-refractivity contribution in [3.8, 4) is 0 Å². The predicted octanol–water partition coefficient (Wildman–Crippen LogP) is 11.1. The van der Waals surface area contributed by atoms with E-state index < -0.39 is 31.6 Å². The molecule has 2 aliphatic heterocycles. The van der Waals surface area contributed by atoms with Crippen LogP contribution in [0.25, 0.3) is 0 Å². The maximum Gasteiger partial charge on any atom is 0.252 e. The molecule has 0 atom stereocenters. The lowest BCUT2D eigenvalue weighted by Gasteiger charge is -2.45. The van der Waals surface area contributed by atoms with Crippen molar-refractivity contribution in [2.45, 2.75) is 92.1 Å². The molecule has 0 bridgehead atoms. The van der Waals surface area contributed by atoms with Gasteiger partial charge in [-0.05, 0) is 111 Å². The smallest absolute Gasteiger partial charge is 0.252 e. The highest BCUT2D eigenvalue weighted by molar-refractivity contribution is 7.02. The van der Waals surface area contributed by atoms with Crippen molar-refractivity contribution in [1.29, 1.82) is 0 Å². The van der Waals surface area contributed by atoms with Gasteiger partial charge in [-0.1, -0.05) is 158 Å². The molecule has 0 fully saturated rings. The molecule has 0 aromatic heterocycles. The van der Waals surface area contributed by atoms with Crippen LogP contribution < -0.4 is 36.6 Å². The molecule has 0 aliphatic carbocycles. The number of nitrogens with zero attached hydrogens (tertiary/aromatic N) is 2. The van der Waals surface area contributed by atoms with E-state index in [0.29, 0.717) is 0 Å². The summed E-state index contributed by atoms with van der Waals surface area (Å²) in [6.45, 7) is 20.3. The van der Waals surface area contributed by atoms with Crippen LogP contribution in [0.2, 0.25) is 13.1 Å². The van der Waals surface area contributed by atoms with E-state index in [1.54, 1.807) is 0 Å². The summed E-state index contributed by atoms with van der Waals surface area (Å²) in [7, 11) is -2.29. The van der Waals surface area contributed by atoms with Crippen molar-refractivity contribution in [3.05, 3.63) is 150 Å². The molecule has 4 heteroatoms. The molecule has 0 saturated heterocycles. The second kappa shape index (κ2) is 13.8. The van der Waals surface area contributed by atoms with Gasteiger partial charge in [0.1, 0.15) is 8.07 Å². The van der Waals surface area contributed by atoms with Crippen molar-refractivity contribution < 1.29 is 5.48 Å². The summed E-state index contributed by atoms with van der Waals surface area (Å²) in [4.78, 5) is 4.83. The summed E-state index contributed by atoms with van der Waals surface area (Å²) in [6.07, 6.45) is 0. The molecule has 0 unspecified atom stereocenters. The third-order valence-electron chi connectivity index (χ3n) is 11.8. The first-order chi connectivity index (χ1) is 27.0. The summed E-state index contributed by atoms with van der Waals surface area (Å²) < 4.78 is 36.0. The van der Waals surface area contributed by atoms with Crippen molar-refractivity contribution in [2.24, 2.45) is 0 Å². The molecule has 0 spiro atoms. The van der Waals surface area contributed by atoms with Gasteiger partial charge in [-0.15, -0.1) is 0 Å². The summed E-state index contributed by atoms with van der Waals surface area (Å²) in [6, 6.07) is 46.0. The second-order valence-electron chi connectivity index (χ2n) is 16.7. The van der Waals surface area contributed by atoms with Crippen LogP contribution in [0.3, 0.4) is 0 Å². The van der Waals surface area contributed by atoms with Crippen LogP contribution in [-0.4, -0.2) is 14.8 Å². The first-order valence-corrected chi connectivity index (χ1v) is 22.4. The van der Waals surface area contributed by atoms with Gasteiger partial charge in [-0.3, -0.25) is 0 Å². The molecule has 0 saturated carbocycles. The van der Waals surface area contributed by atoms with Crippen molar-refractivity contribution in [1.82, 2.24) is 0 Å². The average Bonchev–Trinajstić information content (AvgIpc) is 3.16. The molecule has 2 nitrogen and oxygen atoms in total. The van der Waals surface area contributed by atoms with E-state index >= 15 is 0 Å². The van der Waals surface area contributed by atoms with E-state index in [9.17, 15) is 2.74 Å². The lowest BCUT2D eigenvalue weighted by molar-refractivity contribution is 0.866. The number of benzene rings is 6. The van der Waals surface area contributed by atoms with Crippen LogP contribution in [-0.2, 0) is 0 Å². The van der Waals surface area contributed by atoms with Gasteiger partial charge in [-0.2, -0.15) is 0 Å². The van der Waals surface area contributed by atoms with E-state index in [2.05, 4.69) is 150 Å². The Kier molecular flexibility index (Phi) is 8.06. The molecule has 6 aromatic carbocycles. The van der Waals surface area contributed by atoms with Gasteiger partial charge >= 0.3 is 0 Å². The maximum atomic E-state index is 9.18. The zero-order chi connectivity index (χ0) is 41.7. The molecule has 6 aromatic rings. The van der Waals surface area contributed by atoms with Crippen molar-refractivity contribution in [2.75, 3.05) is 9.80 Å². The van der Waals surface area contributed by atoms with E-state index in [0.717, 1.165) is 67.3 Å². The van der Waals surface area contributed by atoms with E-state index in [1.165, 1.54) is 15.8 Å². The van der Waals surface area contributed by atoms with Crippen LogP contribution in [0.4, 0.5) is 34.1 Å². The molecular formula is C50H55BN2Si. The van der Waals surface area contributed by atoms with Crippen LogP contribution in [0.1, 0.15) is 107 Å². The highest BCUT2D eigenvalue weighted by Gasteiger charge is 2.45. The summed E-state index contributed by atoms with van der Waals surface area (Å²) in [5.74, 6) is -3.11. The molecule has 2 heterocycles. The van der Waals surface area contributed by atoms with Gasteiger partial charge in [-0.25, -0.2) is 0 Å². The fraction of sp³-hybridized carbons (Fsp3) is 0.280.